The maximum atomic E-state index is 13.5. The third-order valence-corrected chi connectivity index (χ3v) is 4.33. The van der Waals surface area contributed by atoms with E-state index in [1.807, 2.05) is 0 Å². The van der Waals surface area contributed by atoms with Crippen molar-refractivity contribution in [3.63, 3.8) is 0 Å². The van der Waals surface area contributed by atoms with Gasteiger partial charge < -0.3 is 10.6 Å². The van der Waals surface area contributed by atoms with Gasteiger partial charge in [-0.25, -0.2) is 23.3 Å². The van der Waals surface area contributed by atoms with Crippen LogP contribution in [0.4, 0.5) is 20.3 Å². The Balaban J connectivity index is 1.72. The van der Waals surface area contributed by atoms with Crippen molar-refractivity contribution in [1.82, 2.24) is 19.6 Å². The molecule has 0 bridgehead atoms. The average molecular weight is 386 g/mol. The zero-order chi connectivity index (χ0) is 19.8. The fourth-order valence-electron chi connectivity index (χ4n) is 2.87. The Kier molecular flexibility index (Phi) is 4.46. The van der Waals surface area contributed by atoms with Crippen molar-refractivity contribution in [1.29, 1.82) is 0 Å². The largest absolute Gasteiger partial charge is 0.319 e. The molecule has 0 aromatic carbocycles. The van der Waals surface area contributed by atoms with Crippen molar-refractivity contribution in [2.45, 2.75) is 32.1 Å². The third kappa shape index (κ3) is 3.40. The Labute approximate surface area is 158 Å². The number of halogens is 2. The van der Waals surface area contributed by atoms with Crippen molar-refractivity contribution in [3.8, 4) is 0 Å². The Morgan fingerprint density at radius 1 is 1.29 bits per heavy atom. The first kappa shape index (κ1) is 18.0. The number of nitrogens with zero attached hydrogens (tertiary/aromatic N) is 4. The highest BCUT2D eigenvalue weighted by molar-refractivity contribution is 6.09. The van der Waals surface area contributed by atoms with E-state index in [2.05, 4.69) is 25.7 Å². The molecule has 8 nitrogen and oxygen atoms in total. The molecule has 1 aliphatic carbocycles. The van der Waals surface area contributed by atoms with Gasteiger partial charge in [-0.2, -0.15) is 5.10 Å². The number of aromatic nitrogens is 4. The SMILES string of the molecule is CC(=O)Nc1ncccc1NC(=O)c1cnn2c(C(F)F)cc(C3CC3)nc12. The van der Waals surface area contributed by atoms with E-state index in [0.29, 0.717) is 5.69 Å². The van der Waals surface area contributed by atoms with Crippen molar-refractivity contribution < 1.29 is 18.4 Å². The van der Waals surface area contributed by atoms with Gasteiger partial charge in [0.2, 0.25) is 5.91 Å². The van der Waals surface area contributed by atoms with E-state index < -0.39 is 12.3 Å². The number of carbonyl (C=O) groups is 2. The zero-order valence-electron chi connectivity index (χ0n) is 14.8. The predicted octanol–water partition coefficient (Wildman–Crippen LogP) is 3.15. The van der Waals surface area contributed by atoms with Crippen LogP contribution in [0.2, 0.25) is 0 Å². The van der Waals surface area contributed by atoms with Crippen LogP contribution in [0.5, 0.6) is 0 Å². The molecule has 28 heavy (non-hydrogen) atoms. The Morgan fingerprint density at radius 3 is 2.75 bits per heavy atom. The van der Waals surface area contributed by atoms with Crippen LogP contribution < -0.4 is 10.6 Å². The number of anilines is 2. The summed E-state index contributed by atoms with van der Waals surface area (Å²) in [7, 11) is 0. The Morgan fingerprint density at radius 2 is 2.07 bits per heavy atom. The monoisotopic (exact) mass is 386 g/mol. The van der Waals surface area contributed by atoms with Crippen molar-refractivity contribution in [2.75, 3.05) is 10.6 Å². The fraction of sp³-hybridized carbons (Fsp3) is 0.278. The number of amides is 2. The molecule has 1 fully saturated rings. The summed E-state index contributed by atoms with van der Waals surface area (Å²) in [5.74, 6) is -0.615. The number of hydrogen-bond donors (Lipinski definition) is 2. The third-order valence-electron chi connectivity index (χ3n) is 4.33. The molecule has 3 aromatic heterocycles. The number of nitrogens with one attached hydrogen (secondary N) is 2. The summed E-state index contributed by atoms with van der Waals surface area (Å²) in [5, 5.41) is 9.07. The predicted molar refractivity (Wildman–Crippen MR) is 96.4 cm³/mol. The minimum absolute atomic E-state index is 0.0574. The van der Waals surface area contributed by atoms with E-state index in [1.165, 1.54) is 25.4 Å². The summed E-state index contributed by atoms with van der Waals surface area (Å²) in [6, 6.07) is 4.50. The average Bonchev–Trinajstić information content (AvgIpc) is 3.41. The van der Waals surface area contributed by atoms with Gasteiger partial charge in [0, 0.05) is 24.7 Å². The van der Waals surface area contributed by atoms with E-state index in [1.54, 1.807) is 12.1 Å². The first-order valence-electron chi connectivity index (χ1n) is 8.64. The number of alkyl halides is 2. The van der Waals surface area contributed by atoms with Crippen LogP contribution in [0.25, 0.3) is 5.65 Å². The molecule has 144 valence electrons. The van der Waals surface area contributed by atoms with Crippen LogP contribution in [0.3, 0.4) is 0 Å². The summed E-state index contributed by atoms with van der Waals surface area (Å²) >= 11 is 0. The molecule has 0 atom stereocenters. The van der Waals surface area contributed by atoms with Crippen LogP contribution in [0, 0.1) is 0 Å². The second kappa shape index (κ2) is 6.95. The summed E-state index contributed by atoms with van der Waals surface area (Å²) < 4.78 is 27.9. The topological polar surface area (TPSA) is 101 Å². The maximum Gasteiger partial charge on any atom is 0.280 e. The molecule has 1 aliphatic rings. The molecule has 3 heterocycles. The number of carbonyl (C=O) groups excluding carboxylic acids is 2. The minimum atomic E-state index is -2.75. The lowest BCUT2D eigenvalue weighted by Gasteiger charge is -2.10. The molecule has 2 amide bonds. The molecular weight excluding hydrogens is 370 g/mol. The molecule has 1 saturated carbocycles. The fourth-order valence-corrected chi connectivity index (χ4v) is 2.87. The maximum absolute atomic E-state index is 13.5. The highest BCUT2D eigenvalue weighted by Gasteiger charge is 2.29. The van der Waals surface area contributed by atoms with E-state index in [-0.39, 0.29) is 40.2 Å². The number of pyridine rings is 1. The summed E-state index contributed by atoms with van der Waals surface area (Å²) in [4.78, 5) is 32.5. The van der Waals surface area contributed by atoms with Gasteiger partial charge >= 0.3 is 0 Å². The molecule has 0 unspecified atom stereocenters. The summed E-state index contributed by atoms with van der Waals surface area (Å²) in [5.41, 5.74) is 0.641. The van der Waals surface area contributed by atoms with Gasteiger partial charge in [-0.1, -0.05) is 0 Å². The Hall–Kier alpha value is -3.43. The smallest absolute Gasteiger partial charge is 0.280 e. The molecular formula is C18H16F2N6O2. The van der Waals surface area contributed by atoms with E-state index >= 15 is 0 Å². The highest BCUT2D eigenvalue weighted by atomic mass is 19.3. The second-order valence-corrected chi connectivity index (χ2v) is 6.51. The summed E-state index contributed by atoms with van der Waals surface area (Å²) in [6.45, 7) is 1.32. The van der Waals surface area contributed by atoms with Crippen molar-refractivity contribution in [3.05, 3.63) is 47.5 Å². The number of hydrogen-bond acceptors (Lipinski definition) is 5. The van der Waals surface area contributed by atoms with Gasteiger partial charge in [-0.15, -0.1) is 0 Å². The van der Waals surface area contributed by atoms with Crippen LogP contribution in [0.15, 0.2) is 30.6 Å². The zero-order valence-corrected chi connectivity index (χ0v) is 14.8. The van der Waals surface area contributed by atoms with Gasteiger partial charge in [0.05, 0.1) is 11.9 Å². The van der Waals surface area contributed by atoms with Crippen LogP contribution >= 0.6 is 0 Å². The molecule has 3 aromatic rings. The minimum Gasteiger partial charge on any atom is -0.319 e. The molecule has 0 radical (unpaired) electrons. The summed E-state index contributed by atoms with van der Waals surface area (Å²) in [6.07, 6.45) is 1.70. The molecule has 4 rings (SSSR count). The van der Waals surface area contributed by atoms with Crippen LogP contribution in [-0.2, 0) is 4.79 Å². The van der Waals surface area contributed by atoms with Crippen LogP contribution in [0.1, 0.15) is 53.9 Å². The van der Waals surface area contributed by atoms with Crippen molar-refractivity contribution >= 4 is 29.0 Å². The first-order chi connectivity index (χ1) is 13.4. The lowest BCUT2D eigenvalue weighted by Crippen LogP contribution is -2.16. The highest BCUT2D eigenvalue weighted by Crippen LogP contribution is 2.40. The quantitative estimate of drug-likeness (QED) is 0.701. The van der Waals surface area contributed by atoms with Gasteiger partial charge in [0.1, 0.15) is 11.3 Å². The van der Waals surface area contributed by atoms with Gasteiger partial charge in [0.25, 0.3) is 12.3 Å². The molecule has 0 saturated heterocycles. The first-order valence-corrected chi connectivity index (χ1v) is 8.64. The second-order valence-electron chi connectivity index (χ2n) is 6.51. The normalized spacial score (nSPS) is 13.7. The molecule has 10 heteroatoms. The van der Waals surface area contributed by atoms with Crippen molar-refractivity contribution in [2.24, 2.45) is 0 Å². The van der Waals surface area contributed by atoms with Crippen LogP contribution in [-0.4, -0.2) is 31.4 Å². The Bertz CT molecular complexity index is 1080. The molecule has 0 spiro atoms. The van der Waals surface area contributed by atoms with Gasteiger partial charge in [0.15, 0.2) is 11.5 Å². The molecule has 0 aliphatic heterocycles. The van der Waals surface area contributed by atoms with E-state index in [4.69, 9.17) is 0 Å². The van der Waals surface area contributed by atoms with E-state index in [0.717, 1.165) is 17.4 Å². The molecule has 2 N–H and O–H groups in total. The lowest BCUT2D eigenvalue weighted by atomic mass is 10.2. The lowest BCUT2D eigenvalue weighted by molar-refractivity contribution is -0.114. The standard InChI is InChI=1S/C18H16F2N6O2/c1-9(27)23-16-12(3-2-6-21-16)25-18(28)11-8-22-26-14(15(19)20)7-13(10-4-5-10)24-17(11)26/h2-3,6-8,10,15H,4-5H2,1H3,(H,25,28)(H,21,23,27). The number of rotatable bonds is 5. The number of fused-ring (bicyclic) bond motifs is 1. The van der Waals surface area contributed by atoms with E-state index in [9.17, 15) is 18.4 Å². The van der Waals surface area contributed by atoms with Gasteiger partial charge in [-0.05, 0) is 31.0 Å². The van der Waals surface area contributed by atoms with Gasteiger partial charge in [-0.3, -0.25) is 9.59 Å².